The number of benzene rings is 2. The Labute approximate surface area is 189 Å². The topological polar surface area (TPSA) is 67.3 Å². The van der Waals surface area contributed by atoms with Crippen molar-refractivity contribution in [3.05, 3.63) is 59.3 Å². The van der Waals surface area contributed by atoms with Crippen LogP contribution in [0.25, 0.3) is 10.9 Å². The summed E-state index contributed by atoms with van der Waals surface area (Å²) < 4.78 is 5.35. The number of carbonyl (C=O) groups is 1. The third-order valence-corrected chi connectivity index (χ3v) is 6.92. The fourth-order valence-corrected chi connectivity index (χ4v) is 5.06. The van der Waals surface area contributed by atoms with Gasteiger partial charge in [-0.3, -0.25) is 4.79 Å². The van der Waals surface area contributed by atoms with E-state index in [1.807, 2.05) is 25.1 Å². The molecule has 2 aromatic carbocycles. The van der Waals surface area contributed by atoms with Gasteiger partial charge in [0.05, 0.1) is 24.4 Å². The van der Waals surface area contributed by atoms with Crippen LogP contribution in [-0.4, -0.2) is 36.1 Å². The van der Waals surface area contributed by atoms with E-state index in [0.717, 1.165) is 73.5 Å². The van der Waals surface area contributed by atoms with Crippen molar-refractivity contribution < 1.29 is 9.53 Å². The molecule has 1 saturated heterocycles. The van der Waals surface area contributed by atoms with E-state index in [-0.39, 0.29) is 17.9 Å². The lowest BCUT2D eigenvalue weighted by Gasteiger charge is -2.33. The summed E-state index contributed by atoms with van der Waals surface area (Å²) in [5.74, 6) is 1.76. The number of rotatable bonds is 4. The molecule has 0 bridgehead atoms. The quantitative estimate of drug-likeness (QED) is 0.666. The van der Waals surface area contributed by atoms with Crippen LogP contribution in [0.3, 0.4) is 0 Å². The summed E-state index contributed by atoms with van der Waals surface area (Å²) in [6.45, 7) is 3.59. The highest BCUT2D eigenvalue weighted by Crippen LogP contribution is 2.31. The minimum Gasteiger partial charge on any atom is -0.497 e. The minimum atomic E-state index is 0.0435. The third kappa shape index (κ3) is 4.01. The van der Waals surface area contributed by atoms with Gasteiger partial charge in [0.1, 0.15) is 5.75 Å². The number of ether oxygens (including phenoxy) is 1. The molecule has 166 valence electrons. The molecule has 1 aliphatic heterocycles. The number of aromatic nitrogens is 2. The molecule has 3 aromatic rings. The maximum Gasteiger partial charge on any atom is 0.226 e. The Morgan fingerprint density at radius 3 is 2.72 bits per heavy atom. The molecule has 32 heavy (non-hydrogen) atoms. The summed E-state index contributed by atoms with van der Waals surface area (Å²) in [6, 6.07) is 14.6. The highest BCUT2D eigenvalue weighted by atomic mass is 16.5. The van der Waals surface area contributed by atoms with E-state index in [9.17, 15) is 4.79 Å². The molecule has 1 aromatic heterocycles. The number of nitrogens with zero attached hydrogens (tertiary/aromatic N) is 3. The van der Waals surface area contributed by atoms with Crippen LogP contribution in [0.1, 0.15) is 48.5 Å². The summed E-state index contributed by atoms with van der Waals surface area (Å²) in [5.41, 5.74) is 4.52. The summed E-state index contributed by atoms with van der Waals surface area (Å²) in [7, 11) is 1.66. The standard InChI is InChI=1S/C26H30N4O2/c1-17-21-11-10-20(32-2)16-24(21)29-26(27-17)30-14-12-19(13-15-30)25(31)28-23-9-5-7-18-6-3-4-8-22(18)23/h3-4,6,8,10-11,16,19,23H,5,7,9,12-15H2,1-2H3,(H,28,31)/t23-/m0/s1. The fourth-order valence-electron chi connectivity index (χ4n) is 5.06. The van der Waals surface area contributed by atoms with Gasteiger partial charge >= 0.3 is 0 Å². The number of fused-ring (bicyclic) bond motifs is 2. The Kier molecular flexibility index (Phi) is 5.68. The molecule has 1 amide bonds. The molecule has 1 atom stereocenters. The average Bonchev–Trinajstić information content (AvgIpc) is 2.84. The van der Waals surface area contributed by atoms with Crippen LogP contribution in [-0.2, 0) is 11.2 Å². The number of hydrogen-bond donors (Lipinski definition) is 1. The Morgan fingerprint density at radius 2 is 1.91 bits per heavy atom. The zero-order chi connectivity index (χ0) is 22.1. The maximum atomic E-state index is 13.0. The van der Waals surface area contributed by atoms with Gasteiger partial charge in [-0.05, 0) is 62.3 Å². The molecule has 5 rings (SSSR count). The Morgan fingerprint density at radius 1 is 1.09 bits per heavy atom. The first-order chi connectivity index (χ1) is 15.6. The molecule has 0 unspecified atom stereocenters. The van der Waals surface area contributed by atoms with E-state index in [1.54, 1.807) is 7.11 Å². The third-order valence-electron chi connectivity index (χ3n) is 6.92. The lowest BCUT2D eigenvalue weighted by molar-refractivity contribution is -0.126. The van der Waals surface area contributed by atoms with Crippen molar-refractivity contribution in [2.45, 2.75) is 45.1 Å². The first-order valence-electron chi connectivity index (χ1n) is 11.6. The lowest BCUT2D eigenvalue weighted by Crippen LogP contribution is -2.42. The second-order valence-electron chi connectivity index (χ2n) is 8.91. The smallest absolute Gasteiger partial charge is 0.226 e. The molecule has 6 nitrogen and oxygen atoms in total. The predicted molar refractivity (Wildman–Crippen MR) is 126 cm³/mol. The number of nitrogens with one attached hydrogen (secondary N) is 1. The van der Waals surface area contributed by atoms with Crippen LogP contribution < -0.4 is 15.0 Å². The number of piperidine rings is 1. The van der Waals surface area contributed by atoms with Crippen LogP contribution in [0.15, 0.2) is 42.5 Å². The Balaban J connectivity index is 1.25. The van der Waals surface area contributed by atoms with Crippen LogP contribution in [0.5, 0.6) is 5.75 Å². The predicted octanol–water partition coefficient (Wildman–Crippen LogP) is 4.36. The van der Waals surface area contributed by atoms with Gasteiger partial charge in [-0.15, -0.1) is 0 Å². The summed E-state index contributed by atoms with van der Waals surface area (Å²) >= 11 is 0. The summed E-state index contributed by atoms with van der Waals surface area (Å²) in [6.07, 6.45) is 4.90. The van der Waals surface area contributed by atoms with Crippen LogP contribution in [0.4, 0.5) is 5.95 Å². The fraction of sp³-hybridized carbons (Fsp3) is 0.423. The molecule has 6 heteroatoms. The van der Waals surface area contributed by atoms with Crippen molar-refractivity contribution in [2.75, 3.05) is 25.1 Å². The lowest BCUT2D eigenvalue weighted by atomic mass is 9.87. The number of methoxy groups -OCH3 is 1. The van der Waals surface area contributed by atoms with Gasteiger partial charge in [-0.25, -0.2) is 9.97 Å². The van der Waals surface area contributed by atoms with Gasteiger partial charge in [0, 0.05) is 30.5 Å². The zero-order valence-electron chi connectivity index (χ0n) is 18.8. The first kappa shape index (κ1) is 20.7. The van der Waals surface area contributed by atoms with Crippen molar-refractivity contribution >= 4 is 22.8 Å². The summed E-state index contributed by atoms with van der Waals surface area (Å²) in [4.78, 5) is 24.8. The van der Waals surface area contributed by atoms with Crippen molar-refractivity contribution in [1.82, 2.24) is 15.3 Å². The van der Waals surface area contributed by atoms with E-state index in [4.69, 9.17) is 14.7 Å². The van der Waals surface area contributed by atoms with E-state index >= 15 is 0 Å². The molecule has 0 spiro atoms. The molecule has 0 saturated carbocycles. The second-order valence-corrected chi connectivity index (χ2v) is 8.91. The minimum absolute atomic E-state index is 0.0435. The first-order valence-corrected chi connectivity index (χ1v) is 11.6. The molecular weight excluding hydrogens is 400 g/mol. The normalized spacial score (nSPS) is 18.9. The van der Waals surface area contributed by atoms with Gasteiger partial charge in [0.2, 0.25) is 11.9 Å². The van der Waals surface area contributed by atoms with Gasteiger partial charge in [-0.2, -0.15) is 0 Å². The monoisotopic (exact) mass is 430 g/mol. The van der Waals surface area contributed by atoms with E-state index in [0.29, 0.717) is 0 Å². The zero-order valence-corrected chi connectivity index (χ0v) is 18.8. The maximum absolute atomic E-state index is 13.0. The van der Waals surface area contributed by atoms with Crippen molar-refractivity contribution in [3.8, 4) is 5.75 Å². The number of aryl methyl sites for hydroxylation is 2. The SMILES string of the molecule is COc1ccc2c(C)nc(N3CCC(C(=O)N[C@H]4CCCc5ccccc54)CC3)nc2c1. The second kappa shape index (κ2) is 8.77. The van der Waals surface area contributed by atoms with Gasteiger partial charge in [0.15, 0.2) is 0 Å². The molecule has 1 N–H and O–H groups in total. The highest BCUT2D eigenvalue weighted by Gasteiger charge is 2.29. The van der Waals surface area contributed by atoms with Crippen LogP contribution in [0, 0.1) is 12.8 Å². The number of anilines is 1. The molecule has 0 radical (unpaired) electrons. The molecule has 1 aliphatic carbocycles. The largest absolute Gasteiger partial charge is 0.497 e. The van der Waals surface area contributed by atoms with E-state index in [1.165, 1.54) is 11.1 Å². The van der Waals surface area contributed by atoms with Crippen molar-refractivity contribution in [3.63, 3.8) is 0 Å². The molecule has 2 heterocycles. The van der Waals surface area contributed by atoms with Gasteiger partial charge in [-0.1, -0.05) is 24.3 Å². The Hall–Kier alpha value is -3.15. The molecular formula is C26H30N4O2. The number of amides is 1. The van der Waals surface area contributed by atoms with E-state index < -0.39 is 0 Å². The van der Waals surface area contributed by atoms with E-state index in [2.05, 4.69) is 34.5 Å². The molecule has 2 aliphatic rings. The Bertz CT molecular complexity index is 1140. The van der Waals surface area contributed by atoms with Crippen LogP contribution >= 0.6 is 0 Å². The summed E-state index contributed by atoms with van der Waals surface area (Å²) in [5, 5.41) is 4.38. The van der Waals surface area contributed by atoms with Crippen LogP contribution in [0.2, 0.25) is 0 Å². The molecule has 1 fully saturated rings. The van der Waals surface area contributed by atoms with Crippen molar-refractivity contribution in [2.24, 2.45) is 5.92 Å². The number of hydrogen-bond acceptors (Lipinski definition) is 5. The van der Waals surface area contributed by atoms with Gasteiger partial charge in [0.25, 0.3) is 0 Å². The van der Waals surface area contributed by atoms with Gasteiger partial charge < -0.3 is 15.0 Å². The highest BCUT2D eigenvalue weighted by molar-refractivity contribution is 5.83. The number of carbonyl (C=O) groups excluding carboxylic acids is 1. The average molecular weight is 431 g/mol. The van der Waals surface area contributed by atoms with Crippen molar-refractivity contribution in [1.29, 1.82) is 0 Å².